The summed E-state index contributed by atoms with van der Waals surface area (Å²) in [4.78, 5) is 22.0. The smallest absolute Gasteiger partial charge is 0.230 e. The minimum absolute atomic E-state index is 0.0680. The summed E-state index contributed by atoms with van der Waals surface area (Å²) in [6.07, 6.45) is 3.32. The van der Waals surface area contributed by atoms with Gasteiger partial charge in [-0.3, -0.25) is 4.79 Å². The molecule has 2 heterocycles. The van der Waals surface area contributed by atoms with Gasteiger partial charge in [-0.05, 0) is 37.6 Å². The summed E-state index contributed by atoms with van der Waals surface area (Å²) in [5, 5.41) is 4.41. The van der Waals surface area contributed by atoms with Crippen LogP contribution in [-0.2, 0) is 11.3 Å². The highest BCUT2D eigenvalue weighted by Gasteiger charge is 2.12. The summed E-state index contributed by atoms with van der Waals surface area (Å²) < 4.78 is 5.45. The van der Waals surface area contributed by atoms with Gasteiger partial charge in [-0.2, -0.15) is 0 Å². The van der Waals surface area contributed by atoms with E-state index in [0.29, 0.717) is 6.54 Å². The number of amides is 1. The van der Waals surface area contributed by atoms with Gasteiger partial charge in [0.25, 0.3) is 0 Å². The third-order valence-electron chi connectivity index (χ3n) is 3.53. The maximum absolute atomic E-state index is 12.1. The second kappa shape index (κ2) is 8.91. The van der Waals surface area contributed by atoms with Gasteiger partial charge in [0.1, 0.15) is 21.6 Å². The molecule has 134 valence electrons. The zero-order valence-electron chi connectivity index (χ0n) is 14.6. The van der Waals surface area contributed by atoms with Crippen LogP contribution in [0.3, 0.4) is 0 Å². The van der Waals surface area contributed by atoms with Gasteiger partial charge in [0, 0.05) is 17.3 Å². The van der Waals surface area contributed by atoms with Crippen molar-refractivity contribution >= 4 is 29.4 Å². The first-order valence-corrected chi connectivity index (χ1v) is 9.91. The van der Waals surface area contributed by atoms with Crippen molar-refractivity contribution < 1.29 is 9.21 Å². The highest BCUT2D eigenvalue weighted by Crippen LogP contribution is 2.33. The van der Waals surface area contributed by atoms with E-state index in [1.165, 1.54) is 17.3 Å². The minimum Gasteiger partial charge on any atom is -0.465 e. The molecule has 0 aliphatic heterocycles. The number of benzene rings is 1. The number of thioether (sulfide) groups is 1. The molecule has 0 saturated carbocycles. The van der Waals surface area contributed by atoms with Crippen LogP contribution in [0, 0.1) is 13.8 Å². The molecule has 0 aliphatic carbocycles. The number of carbonyl (C=O) groups is 1. The zero-order valence-corrected chi connectivity index (χ0v) is 16.2. The minimum atomic E-state index is -0.0680. The fraction of sp³-hybridized carbons (Fsp3) is 0.211. The molecule has 7 heteroatoms. The fourth-order valence-corrected chi connectivity index (χ4v) is 4.03. The van der Waals surface area contributed by atoms with Crippen molar-refractivity contribution in [2.45, 2.75) is 35.3 Å². The van der Waals surface area contributed by atoms with E-state index in [0.717, 1.165) is 26.5 Å². The molecule has 1 N–H and O–H groups in total. The van der Waals surface area contributed by atoms with Crippen molar-refractivity contribution in [3.05, 3.63) is 65.9 Å². The number of rotatable bonds is 7. The molecule has 2 aromatic heterocycles. The predicted molar refractivity (Wildman–Crippen MR) is 103 cm³/mol. The number of hydrogen-bond acceptors (Lipinski definition) is 6. The molecule has 5 nitrogen and oxygen atoms in total. The highest BCUT2D eigenvalue weighted by molar-refractivity contribution is 8.02. The van der Waals surface area contributed by atoms with Crippen LogP contribution in [0.25, 0.3) is 0 Å². The number of aryl methyl sites for hydroxylation is 2. The van der Waals surface area contributed by atoms with Gasteiger partial charge in [-0.1, -0.05) is 41.7 Å². The molecule has 0 spiro atoms. The van der Waals surface area contributed by atoms with E-state index in [-0.39, 0.29) is 11.7 Å². The molecule has 0 radical (unpaired) electrons. The molecule has 0 aliphatic rings. The van der Waals surface area contributed by atoms with E-state index < -0.39 is 0 Å². The van der Waals surface area contributed by atoms with Crippen LogP contribution in [0.1, 0.15) is 17.1 Å². The second-order valence-electron chi connectivity index (χ2n) is 5.61. The number of aromatic nitrogens is 2. The number of nitrogens with one attached hydrogen (secondary N) is 1. The van der Waals surface area contributed by atoms with E-state index >= 15 is 0 Å². The largest absolute Gasteiger partial charge is 0.465 e. The fourth-order valence-electron chi connectivity index (χ4n) is 2.21. The third-order valence-corrected chi connectivity index (χ3v) is 5.81. The lowest BCUT2D eigenvalue weighted by atomic mass is 10.2. The molecule has 0 atom stereocenters. The van der Waals surface area contributed by atoms with Gasteiger partial charge in [-0.25, -0.2) is 9.97 Å². The van der Waals surface area contributed by atoms with Crippen molar-refractivity contribution in [1.82, 2.24) is 15.3 Å². The summed E-state index contributed by atoms with van der Waals surface area (Å²) in [6, 6.07) is 11.9. The average molecular weight is 386 g/mol. The molecular weight excluding hydrogens is 366 g/mol. The number of furan rings is 1. The first-order chi connectivity index (χ1) is 12.6. The Hall–Kier alpha value is -2.25. The van der Waals surface area contributed by atoms with Crippen LogP contribution in [-0.4, -0.2) is 21.6 Å². The molecular formula is C19H19N3O2S2. The van der Waals surface area contributed by atoms with Gasteiger partial charge in [0.05, 0.1) is 12.3 Å². The standard InChI is InChI=1S/C19H19N3O2S2/c1-13-5-3-4-6-16(13)26-19-18(20-9-10-21-19)25-12-17(23)22-11-15-8-7-14(2)24-15/h3-10H,11-12H2,1-2H3,(H,22,23). The topological polar surface area (TPSA) is 68.0 Å². The van der Waals surface area contributed by atoms with Gasteiger partial charge in [-0.15, -0.1) is 0 Å². The van der Waals surface area contributed by atoms with E-state index in [2.05, 4.69) is 34.3 Å². The Kier molecular flexibility index (Phi) is 6.35. The third kappa shape index (κ3) is 5.12. The van der Waals surface area contributed by atoms with Crippen LogP contribution in [0.4, 0.5) is 0 Å². The Morgan fingerprint density at radius 1 is 1.08 bits per heavy atom. The van der Waals surface area contributed by atoms with E-state index in [1.807, 2.05) is 31.2 Å². The number of hydrogen-bond donors (Lipinski definition) is 1. The van der Waals surface area contributed by atoms with Crippen molar-refractivity contribution in [2.75, 3.05) is 5.75 Å². The first-order valence-electron chi connectivity index (χ1n) is 8.11. The summed E-state index contributed by atoms with van der Waals surface area (Å²) >= 11 is 2.95. The highest BCUT2D eigenvalue weighted by atomic mass is 32.2. The number of nitrogens with zero attached hydrogens (tertiary/aromatic N) is 2. The van der Waals surface area contributed by atoms with Crippen LogP contribution in [0.15, 0.2) is 68.2 Å². The van der Waals surface area contributed by atoms with Crippen LogP contribution < -0.4 is 5.32 Å². The number of carbonyl (C=O) groups excluding carboxylic acids is 1. The lowest BCUT2D eigenvalue weighted by Crippen LogP contribution is -2.24. The first kappa shape index (κ1) is 18.5. The lowest BCUT2D eigenvalue weighted by Gasteiger charge is -2.08. The maximum atomic E-state index is 12.1. The van der Waals surface area contributed by atoms with E-state index in [9.17, 15) is 4.79 Å². The molecule has 1 aromatic carbocycles. The molecule has 0 saturated heterocycles. The molecule has 0 fully saturated rings. The Bertz CT molecular complexity index is 896. The van der Waals surface area contributed by atoms with Crippen molar-refractivity contribution in [1.29, 1.82) is 0 Å². The molecule has 3 rings (SSSR count). The van der Waals surface area contributed by atoms with Crippen LogP contribution >= 0.6 is 23.5 Å². The zero-order chi connectivity index (χ0) is 18.4. The summed E-state index contributed by atoms with van der Waals surface area (Å²) in [7, 11) is 0. The van der Waals surface area contributed by atoms with Gasteiger partial charge < -0.3 is 9.73 Å². The Balaban J connectivity index is 1.58. The SMILES string of the molecule is Cc1ccc(CNC(=O)CSc2nccnc2Sc2ccccc2C)o1. The van der Waals surface area contributed by atoms with Crippen molar-refractivity contribution in [2.24, 2.45) is 0 Å². The van der Waals surface area contributed by atoms with Crippen LogP contribution in [0.2, 0.25) is 0 Å². The predicted octanol–water partition coefficient (Wildman–Crippen LogP) is 4.25. The monoisotopic (exact) mass is 385 g/mol. The normalized spacial score (nSPS) is 10.7. The molecule has 26 heavy (non-hydrogen) atoms. The van der Waals surface area contributed by atoms with Gasteiger partial charge in [0.15, 0.2) is 0 Å². The Morgan fingerprint density at radius 3 is 2.58 bits per heavy atom. The molecule has 0 bridgehead atoms. The second-order valence-corrected chi connectivity index (χ2v) is 7.61. The Morgan fingerprint density at radius 2 is 1.85 bits per heavy atom. The molecule has 0 unspecified atom stereocenters. The molecule has 3 aromatic rings. The summed E-state index contributed by atoms with van der Waals surface area (Å²) in [5.74, 6) is 1.79. The lowest BCUT2D eigenvalue weighted by molar-refractivity contribution is -0.118. The van der Waals surface area contributed by atoms with E-state index in [4.69, 9.17) is 4.42 Å². The van der Waals surface area contributed by atoms with Gasteiger partial charge in [0.2, 0.25) is 5.91 Å². The maximum Gasteiger partial charge on any atom is 0.230 e. The van der Waals surface area contributed by atoms with Crippen molar-refractivity contribution in [3.63, 3.8) is 0 Å². The van der Waals surface area contributed by atoms with Crippen LogP contribution in [0.5, 0.6) is 0 Å². The quantitative estimate of drug-likeness (QED) is 0.614. The van der Waals surface area contributed by atoms with E-state index in [1.54, 1.807) is 24.2 Å². The summed E-state index contributed by atoms with van der Waals surface area (Å²) in [6.45, 7) is 4.33. The summed E-state index contributed by atoms with van der Waals surface area (Å²) in [5.41, 5.74) is 1.19. The molecule has 1 amide bonds. The van der Waals surface area contributed by atoms with Gasteiger partial charge >= 0.3 is 0 Å². The van der Waals surface area contributed by atoms with Crippen molar-refractivity contribution in [3.8, 4) is 0 Å². The Labute approximate surface area is 161 Å². The average Bonchev–Trinajstić information content (AvgIpc) is 3.06.